The normalized spacial score (nSPS) is 17.2. The zero-order valence-electron chi connectivity index (χ0n) is 10.7. The van der Waals surface area contributed by atoms with E-state index in [0.717, 1.165) is 43.0 Å². The van der Waals surface area contributed by atoms with Gasteiger partial charge in [0.1, 0.15) is 0 Å². The molecule has 0 atom stereocenters. The summed E-state index contributed by atoms with van der Waals surface area (Å²) in [7, 11) is 2.09. The summed E-state index contributed by atoms with van der Waals surface area (Å²) in [4.78, 5) is 20.7. The monoisotopic (exact) mass is 233 g/mol. The molecule has 4 heteroatoms. The average molecular weight is 233 g/mol. The van der Waals surface area contributed by atoms with Crippen LogP contribution in [0, 0.1) is 13.8 Å². The predicted octanol–water partition coefficient (Wildman–Crippen LogP) is 1.09. The van der Waals surface area contributed by atoms with Gasteiger partial charge in [0.15, 0.2) is 0 Å². The Morgan fingerprint density at radius 1 is 1.24 bits per heavy atom. The van der Waals surface area contributed by atoms with Crippen molar-refractivity contribution in [1.29, 1.82) is 0 Å². The first-order valence-electron chi connectivity index (χ1n) is 5.99. The second kappa shape index (κ2) is 4.84. The Labute approximate surface area is 102 Å². The maximum atomic E-state index is 12.4. The van der Waals surface area contributed by atoms with Crippen molar-refractivity contribution in [2.24, 2.45) is 0 Å². The van der Waals surface area contributed by atoms with E-state index in [2.05, 4.69) is 16.9 Å². The van der Waals surface area contributed by atoms with Crippen molar-refractivity contribution in [3.63, 3.8) is 0 Å². The van der Waals surface area contributed by atoms with Crippen LogP contribution in [0.2, 0.25) is 0 Å². The van der Waals surface area contributed by atoms with E-state index in [1.807, 2.05) is 24.8 Å². The second-order valence-electron chi connectivity index (χ2n) is 4.66. The largest absolute Gasteiger partial charge is 0.336 e. The molecule has 0 bridgehead atoms. The smallest absolute Gasteiger partial charge is 0.254 e. The van der Waals surface area contributed by atoms with Gasteiger partial charge in [0.25, 0.3) is 5.91 Å². The molecule has 0 aromatic carbocycles. The first-order chi connectivity index (χ1) is 8.09. The lowest BCUT2D eigenvalue weighted by molar-refractivity contribution is 0.0663. The summed E-state index contributed by atoms with van der Waals surface area (Å²) in [5, 5.41) is 0. The van der Waals surface area contributed by atoms with E-state index in [4.69, 9.17) is 0 Å². The molecular formula is C13H19N3O. The van der Waals surface area contributed by atoms with Crippen LogP contribution in [0.4, 0.5) is 0 Å². The maximum absolute atomic E-state index is 12.4. The highest BCUT2D eigenvalue weighted by molar-refractivity contribution is 5.95. The van der Waals surface area contributed by atoms with Crippen molar-refractivity contribution >= 4 is 5.91 Å². The lowest BCUT2D eigenvalue weighted by Gasteiger charge is -2.32. The van der Waals surface area contributed by atoms with Crippen molar-refractivity contribution in [1.82, 2.24) is 14.8 Å². The third-order valence-corrected chi connectivity index (χ3v) is 3.48. The molecule has 1 aliphatic heterocycles. The highest BCUT2D eigenvalue weighted by Crippen LogP contribution is 2.14. The maximum Gasteiger partial charge on any atom is 0.254 e. The quantitative estimate of drug-likeness (QED) is 0.728. The fourth-order valence-corrected chi connectivity index (χ4v) is 2.05. The summed E-state index contributed by atoms with van der Waals surface area (Å²) in [5.41, 5.74) is 2.73. The van der Waals surface area contributed by atoms with Gasteiger partial charge in [-0.1, -0.05) is 0 Å². The third-order valence-electron chi connectivity index (χ3n) is 3.48. The van der Waals surface area contributed by atoms with Gasteiger partial charge in [0.2, 0.25) is 0 Å². The van der Waals surface area contributed by atoms with Crippen molar-refractivity contribution in [2.75, 3.05) is 33.2 Å². The summed E-state index contributed by atoms with van der Waals surface area (Å²) < 4.78 is 0. The predicted molar refractivity (Wildman–Crippen MR) is 67.1 cm³/mol. The van der Waals surface area contributed by atoms with Gasteiger partial charge in [0.05, 0.1) is 0 Å². The van der Waals surface area contributed by atoms with E-state index in [-0.39, 0.29) is 5.91 Å². The molecule has 0 aliphatic carbocycles. The van der Waals surface area contributed by atoms with Crippen LogP contribution in [0.3, 0.4) is 0 Å². The number of aromatic nitrogens is 1. The van der Waals surface area contributed by atoms with Gasteiger partial charge in [-0.05, 0) is 32.5 Å². The SMILES string of the molecule is Cc1nccc(C(=O)N2CCN(C)CC2)c1C. The average Bonchev–Trinajstić information content (AvgIpc) is 2.33. The minimum atomic E-state index is 0.140. The van der Waals surface area contributed by atoms with E-state index < -0.39 is 0 Å². The molecule has 0 unspecified atom stereocenters. The Balaban J connectivity index is 2.17. The highest BCUT2D eigenvalue weighted by Gasteiger charge is 2.21. The second-order valence-corrected chi connectivity index (χ2v) is 4.66. The Bertz CT molecular complexity index is 423. The summed E-state index contributed by atoms with van der Waals surface area (Å²) in [6.45, 7) is 7.44. The van der Waals surface area contributed by atoms with Crippen LogP contribution in [0.25, 0.3) is 0 Å². The Kier molecular flexibility index (Phi) is 3.43. The van der Waals surface area contributed by atoms with Gasteiger partial charge in [-0.2, -0.15) is 0 Å². The number of nitrogens with zero attached hydrogens (tertiary/aromatic N) is 3. The Morgan fingerprint density at radius 3 is 2.53 bits per heavy atom. The Morgan fingerprint density at radius 2 is 1.88 bits per heavy atom. The molecule has 0 radical (unpaired) electrons. The molecule has 4 nitrogen and oxygen atoms in total. The van der Waals surface area contributed by atoms with Crippen LogP contribution in [0.1, 0.15) is 21.6 Å². The number of hydrogen-bond donors (Lipinski definition) is 0. The van der Waals surface area contributed by atoms with Gasteiger partial charge in [-0.15, -0.1) is 0 Å². The van der Waals surface area contributed by atoms with Crippen molar-refractivity contribution in [3.05, 3.63) is 29.1 Å². The molecule has 92 valence electrons. The van der Waals surface area contributed by atoms with E-state index >= 15 is 0 Å². The summed E-state index contributed by atoms with van der Waals surface area (Å²) in [6.07, 6.45) is 1.71. The van der Waals surface area contributed by atoms with Crippen LogP contribution < -0.4 is 0 Å². The number of aryl methyl sites for hydroxylation is 1. The molecular weight excluding hydrogens is 214 g/mol. The number of hydrogen-bond acceptors (Lipinski definition) is 3. The fraction of sp³-hybridized carbons (Fsp3) is 0.538. The van der Waals surface area contributed by atoms with E-state index in [1.54, 1.807) is 6.20 Å². The fourth-order valence-electron chi connectivity index (χ4n) is 2.05. The molecule has 2 heterocycles. The number of pyridine rings is 1. The van der Waals surface area contributed by atoms with Crippen LogP contribution in [-0.2, 0) is 0 Å². The number of carbonyl (C=O) groups excluding carboxylic acids is 1. The van der Waals surface area contributed by atoms with Crippen molar-refractivity contribution in [2.45, 2.75) is 13.8 Å². The number of piperazine rings is 1. The molecule has 1 saturated heterocycles. The standard InChI is InChI=1S/C13H19N3O/c1-10-11(2)14-5-4-12(10)13(17)16-8-6-15(3)7-9-16/h4-5H,6-9H2,1-3H3. The molecule has 1 aromatic rings. The summed E-state index contributed by atoms with van der Waals surface area (Å²) in [5.74, 6) is 0.140. The number of amides is 1. The van der Waals surface area contributed by atoms with Crippen LogP contribution >= 0.6 is 0 Å². The minimum absolute atomic E-state index is 0.140. The lowest BCUT2D eigenvalue weighted by atomic mass is 10.1. The van der Waals surface area contributed by atoms with Crippen molar-refractivity contribution < 1.29 is 4.79 Å². The first kappa shape index (κ1) is 12.0. The lowest BCUT2D eigenvalue weighted by Crippen LogP contribution is -2.47. The first-order valence-corrected chi connectivity index (χ1v) is 5.99. The zero-order chi connectivity index (χ0) is 12.4. The molecule has 1 aromatic heterocycles. The van der Waals surface area contributed by atoms with Gasteiger partial charge in [0, 0.05) is 43.6 Å². The van der Waals surface area contributed by atoms with E-state index in [9.17, 15) is 4.79 Å². The molecule has 0 N–H and O–H groups in total. The van der Waals surface area contributed by atoms with E-state index in [1.165, 1.54) is 0 Å². The third kappa shape index (κ3) is 2.47. The molecule has 1 amide bonds. The van der Waals surface area contributed by atoms with Crippen LogP contribution in [0.5, 0.6) is 0 Å². The molecule has 1 aliphatic rings. The van der Waals surface area contributed by atoms with Crippen molar-refractivity contribution in [3.8, 4) is 0 Å². The number of rotatable bonds is 1. The molecule has 0 spiro atoms. The zero-order valence-corrected chi connectivity index (χ0v) is 10.7. The van der Waals surface area contributed by atoms with Gasteiger partial charge >= 0.3 is 0 Å². The van der Waals surface area contributed by atoms with Gasteiger partial charge in [-0.3, -0.25) is 9.78 Å². The Hall–Kier alpha value is -1.42. The molecule has 2 rings (SSSR count). The minimum Gasteiger partial charge on any atom is -0.336 e. The molecule has 0 saturated carbocycles. The topological polar surface area (TPSA) is 36.4 Å². The number of carbonyl (C=O) groups is 1. The molecule has 1 fully saturated rings. The molecule has 17 heavy (non-hydrogen) atoms. The summed E-state index contributed by atoms with van der Waals surface area (Å²) in [6, 6.07) is 1.82. The van der Waals surface area contributed by atoms with Gasteiger partial charge in [-0.25, -0.2) is 0 Å². The van der Waals surface area contributed by atoms with Gasteiger partial charge < -0.3 is 9.80 Å². The summed E-state index contributed by atoms with van der Waals surface area (Å²) >= 11 is 0. The van der Waals surface area contributed by atoms with Crippen LogP contribution in [0.15, 0.2) is 12.3 Å². The van der Waals surface area contributed by atoms with E-state index in [0.29, 0.717) is 0 Å². The van der Waals surface area contributed by atoms with Crippen LogP contribution in [-0.4, -0.2) is 53.9 Å². The number of likely N-dealkylation sites (N-methyl/N-ethyl adjacent to an activating group) is 1. The highest BCUT2D eigenvalue weighted by atomic mass is 16.2.